The van der Waals surface area contributed by atoms with Gasteiger partial charge in [-0.3, -0.25) is 4.79 Å². The Morgan fingerprint density at radius 2 is 1.63 bits per heavy atom. The summed E-state index contributed by atoms with van der Waals surface area (Å²) < 4.78 is 12.8. The van der Waals surface area contributed by atoms with Crippen LogP contribution in [0, 0.1) is 13.8 Å². The SMILES string of the molecule is COc1ccc(-c2c(C(N)=O)c(C)n(Cc3ccccc3OC)c2C)cc1. The van der Waals surface area contributed by atoms with E-state index < -0.39 is 5.91 Å². The Morgan fingerprint density at radius 1 is 0.963 bits per heavy atom. The number of nitrogens with zero attached hydrogens (tertiary/aromatic N) is 1. The quantitative estimate of drug-likeness (QED) is 0.720. The van der Waals surface area contributed by atoms with E-state index in [0.717, 1.165) is 39.6 Å². The van der Waals surface area contributed by atoms with Gasteiger partial charge >= 0.3 is 0 Å². The first-order valence-electron chi connectivity index (χ1n) is 8.73. The molecule has 2 N–H and O–H groups in total. The second kappa shape index (κ2) is 7.58. The van der Waals surface area contributed by atoms with Crippen LogP contribution in [0.25, 0.3) is 11.1 Å². The van der Waals surface area contributed by atoms with Crippen LogP contribution in [0.15, 0.2) is 48.5 Å². The minimum absolute atomic E-state index is 0.430. The number of rotatable bonds is 6. The molecule has 1 amide bonds. The van der Waals surface area contributed by atoms with Crippen molar-refractivity contribution in [2.45, 2.75) is 20.4 Å². The van der Waals surface area contributed by atoms with Crippen molar-refractivity contribution in [2.24, 2.45) is 5.73 Å². The molecule has 27 heavy (non-hydrogen) atoms. The predicted octanol–water partition coefficient (Wildman–Crippen LogP) is 3.94. The van der Waals surface area contributed by atoms with E-state index in [4.69, 9.17) is 15.2 Å². The Bertz CT molecular complexity index is 972. The zero-order valence-corrected chi connectivity index (χ0v) is 16.1. The highest BCUT2D eigenvalue weighted by Crippen LogP contribution is 2.34. The van der Waals surface area contributed by atoms with Gasteiger partial charge in [-0.25, -0.2) is 0 Å². The lowest BCUT2D eigenvalue weighted by Gasteiger charge is -2.13. The second-order valence-electron chi connectivity index (χ2n) is 6.41. The van der Waals surface area contributed by atoms with Gasteiger partial charge < -0.3 is 19.8 Å². The van der Waals surface area contributed by atoms with Gasteiger partial charge in [-0.15, -0.1) is 0 Å². The molecule has 0 atom stereocenters. The van der Waals surface area contributed by atoms with Crippen molar-refractivity contribution >= 4 is 5.91 Å². The molecule has 0 radical (unpaired) electrons. The number of para-hydroxylation sites is 1. The number of amides is 1. The number of ether oxygens (including phenoxy) is 2. The van der Waals surface area contributed by atoms with E-state index >= 15 is 0 Å². The fourth-order valence-electron chi connectivity index (χ4n) is 3.54. The minimum Gasteiger partial charge on any atom is -0.497 e. The Morgan fingerprint density at radius 3 is 2.22 bits per heavy atom. The summed E-state index contributed by atoms with van der Waals surface area (Å²) in [6.07, 6.45) is 0. The van der Waals surface area contributed by atoms with Gasteiger partial charge in [0.15, 0.2) is 0 Å². The number of carbonyl (C=O) groups excluding carboxylic acids is 1. The summed E-state index contributed by atoms with van der Waals surface area (Å²) in [4.78, 5) is 12.2. The highest BCUT2D eigenvalue weighted by atomic mass is 16.5. The number of benzene rings is 2. The van der Waals surface area contributed by atoms with Crippen LogP contribution in [-0.4, -0.2) is 24.7 Å². The average molecular weight is 364 g/mol. The maximum Gasteiger partial charge on any atom is 0.251 e. The molecule has 2 aromatic carbocycles. The monoisotopic (exact) mass is 364 g/mol. The maximum atomic E-state index is 12.2. The predicted molar refractivity (Wildman–Crippen MR) is 107 cm³/mol. The largest absolute Gasteiger partial charge is 0.497 e. The standard InChI is InChI=1S/C22H24N2O3/c1-14-20(16-9-11-18(26-3)12-10-16)21(22(23)25)15(2)24(14)13-17-7-5-6-8-19(17)27-4/h5-12H,13H2,1-4H3,(H2,23,25). The van der Waals surface area contributed by atoms with Crippen molar-refractivity contribution in [3.05, 3.63) is 71.0 Å². The van der Waals surface area contributed by atoms with Gasteiger partial charge in [0.1, 0.15) is 11.5 Å². The molecule has 1 heterocycles. The molecule has 0 aliphatic rings. The molecule has 0 aliphatic carbocycles. The summed E-state index contributed by atoms with van der Waals surface area (Å²) in [5.41, 5.74) is 10.9. The molecule has 0 bridgehead atoms. The lowest BCUT2D eigenvalue weighted by atomic mass is 10.00. The Labute approximate surface area is 159 Å². The molecule has 5 nitrogen and oxygen atoms in total. The number of methoxy groups -OCH3 is 2. The molecule has 0 saturated heterocycles. The van der Waals surface area contributed by atoms with Crippen molar-refractivity contribution in [1.29, 1.82) is 0 Å². The second-order valence-corrected chi connectivity index (χ2v) is 6.41. The molecule has 0 unspecified atom stereocenters. The van der Waals surface area contributed by atoms with Gasteiger partial charge in [-0.05, 0) is 37.6 Å². The molecule has 140 valence electrons. The van der Waals surface area contributed by atoms with Gasteiger partial charge in [0.25, 0.3) is 5.91 Å². The van der Waals surface area contributed by atoms with E-state index in [1.54, 1.807) is 14.2 Å². The minimum atomic E-state index is -0.430. The summed E-state index contributed by atoms with van der Waals surface area (Å²) in [5, 5.41) is 0. The van der Waals surface area contributed by atoms with E-state index in [9.17, 15) is 4.79 Å². The van der Waals surface area contributed by atoms with Crippen molar-refractivity contribution < 1.29 is 14.3 Å². The van der Waals surface area contributed by atoms with Gasteiger partial charge in [0.05, 0.1) is 26.3 Å². The average Bonchev–Trinajstić information content (AvgIpc) is 2.93. The fraction of sp³-hybridized carbons (Fsp3) is 0.227. The highest BCUT2D eigenvalue weighted by molar-refractivity contribution is 6.02. The van der Waals surface area contributed by atoms with Crippen molar-refractivity contribution in [3.8, 4) is 22.6 Å². The number of hydrogen-bond acceptors (Lipinski definition) is 3. The molecule has 3 rings (SSSR count). The van der Waals surface area contributed by atoms with Gasteiger partial charge in [-0.2, -0.15) is 0 Å². The van der Waals surface area contributed by atoms with E-state index in [-0.39, 0.29) is 0 Å². The van der Waals surface area contributed by atoms with Gasteiger partial charge in [-0.1, -0.05) is 30.3 Å². The summed E-state index contributed by atoms with van der Waals surface area (Å²) in [6.45, 7) is 4.53. The number of hydrogen-bond donors (Lipinski definition) is 1. The molecule has 1 aromatic heterocycles. The number of primary amides is 1. The van der Waals surface area contributed by atoms with Crippen LogP contribution in [0.1, 0.15) is 27.3 Å². The lowest BCUT2D eigenvalue weighted by molar-refractivity contribution is 0.1000. The van der Waals surface area contributed by atoms with Crippen molar-refractivity contribution in [2.75, 3.05) is 14.2 Å². The molecular formula is C22H24N2O3. The zero-order chi connectivity index (χ0) is 19.6. The summed E-state index contributed by atoms with van der Waals surface area (Å²) in [5.74, 6) is 1.15. The lowest BCUT2D eigenvalue weighted by Crippen LogP contribution is -2.13. The van der Waals surface area contributed by atoms with Crippen LogP contribution in [0.2, 0.25) is 0 Å². The smallest absolute Gasteiger partial charge is 0.251 e. The molecular weight excluding hydrogens is 340 g/mol. The molecule has 5 heteroatoms. The molecule has 0 saturated carbocycles. The van der Waals surface area contributed by atoms with E-state index in [1.165, 1.54) is 0 Å². The first-order chi connectivity index (χ1) is 13.0. The maximum absolute atomic E-state index is 12.2. The third-order valence-electron chi connectivity index (χ3n) is 4.93. The number of aromatic nitrogens is 1. The first-order valence-corrected chi connectivity index (χ1v) is 8.73. The molecule has 0 aliphatic heterocycles. The van der Waals surface area contributed by atoms with Crippen molar-refractivity contribution in [3.63, 3.8) is 0 Å². The Balaban J connectivity index is 2.14. The van der Waals surface area contributed by atoms with Crippen LogP contribution >= 0.6 is 0 Å². The third-order valence-corrected chi connectivity index (χ3v) is 4.93. The fourth-order valence-corrected chi connectivity index (χ4v) is 3.54. The molecule has 3 aromatic rings. The van der Waals surface area contributed by atoms with E-state index in [0.29, 0.717) is 12.1 Å². The Kier molecular flexibility index (Phi) is 5.21. The topological polar surface area (TPSA) is 66.5 Å². The van der Waals surface area contributed by atoms with E-state index in [1.807, 2.05) is 62.4 Å². The number of carbonyl (C=O) groups is 1. The van der Waals surface area contributed by atoms with Gasteiger partial charge in [0, 0.05) is 22.5 Å². The Hall–Kier alpha value is -3.21. The summed E-state index contributed by atoms with van der Waals surface area (Å²) in [6, 6.07) is 15.5. The van der Waals surface area contributed by atoms with E-state index in [2.05, 4.69) is 4.57 Å². The zero-order valence-electron chi connectivity index (χ0n) is 16.1. The first kappa shape index (κ1) is 18.6. The molecule has 0 spiro atoms. The van der Waals surface area contributed by atoms with Crippen LogP contribution in [0.3, 0.4) is 0 Å². The van der Waals surface area contributed by atoms with Crippen LogP contribution in [-0.2, 0) is 6.54 Å². The molecule has 0 fully saturated rings. The van der Waals surface area contributed by atoms with Crippen LogP contribution < -0.4 is 15.2 Å². The highest BCUT2D eigenvalue weighted by Gasteiger charge is 2.23. The third kappa shape index (κ3) is 3.40. The van der Waals surface area contributed by atoms with Crippen molar-refractivity contribution in [1.82, 2.24) is 4.57 Å². The number of nitrogens with two attached hydrogens (primary N) is 1. The normalized spacial score (nSPS) is 10.7. The summed E-state index contributed by atoms with van der Waals surface area (Å²) >= 11 is 0. The van der Waals surface area contributed by atoms with Gasteiger partial charge in [0.2, 0.25) is 0 Å². The van der Waals surface area contributed by atoms with Crippen LogP contribution in [0.5, 0.6) is 11.5 Å². The summed E-state index contributed by atoms with van der Waals surface area (Å²) in [7, 11) is 3.29. The van der Waals surface area contributed by atoms with Crippen LogP contribution in [0.4, 0.5) is 0 Å².